The largest absolute Gasteiger partial charge is 0.471 e. The summed E-state index contributed by atoms with van der Waals surface area (Å²) in [6.07, 6.45) is -1.72. The number of hydrogen-bond donors (Lipinski definition) is 1. The Hall–Kier alpha value is -2.44. The molecule has 0 radical (unpaired) electrons. The van der Waals surface area contributed by atoms with Gasteiger partial charge in [0.25, 0.3) is 0 Å². The van der Waals surface area contributed by atoms with Crippen molar-refractivity contribution in [1.82, 2.24) is 9.97 Å². The Morgan fingerprint density at radius 1 is 1.25 bits per heavy atom. The summed E-state index contributed by atoms with van der Waals surface area (Å²) in [5.41, 5.74) is 1.63. The fraction of sp³-hybridized carbons (Fsp3) is 0.154. The van der Waals surface area contributed by atoms with Gasteiger partial charge in [-0.2, -0.15) is 13.2 Å². The number of anilines is 1. The van der Waals surface area contributed by atoms with Crippen molar-refractivity contribution in [3.8, 4) is 11.3 Å². The van der Waals surface area contributed by atoms with E-state index in [4.69, 9.17) is 0 Å². The second-order valence-electron chi connectivity index (χ2n) is 4.02. The Labute approximate surface area is 112 Å². The molecule has 0 unspecified atom stereocenters. The van der Waals surface area contributed by atoms with Crippen LogP contribution in [0.5, 0.6) is 0 Å². The van der Waals surface area contributed by atoms with Crippen molar-refractivity contribution in [3.05, 3.63) is 42.4 Å². The third-order valence-corrected chi connectivity index (χ3v) is 2.55. The number of alkyl halides is 3. The van der Waals surface area contributed by atoms with Crippen molar-refractivity contribution < 1.29 is 18.0 Å². The lowest BCUT2D eigenvalue weighted by Gasteiger charge is -2.11. The molecular weight excluding hydrogens is 271 g/mol. The number of rotatable bonds is 2. The van der Waals surface area contributed by atoms with Gasteiger partial charge in [0.05, 0.1) is 17.1 Å². The van der Waals surface area contributed by atoms with E-state index in [0.29, 0.717) is 11.4 Å². The Kier molecular flexibility index (Phi) is 3.69. The van der Waals surface area contributed by atoms with Crippen LogP contribution in [0.2, 0.25) is 0 Å². The van der Waals surface area contributed by atoms with Gasteiger partial charge in [0.2, 0.25) is 0 Å². The van der Waals surface area contributed by atoms with Crippen molar-refractivity contribution in [2.24, 2.45) is 0 Å². The Morgan fingerprint density at radius 3 is 2.55 bits per heavy atom. The Balaban J connectivity index is 2.25. The van der Waals surface area contributed by atoms with Crippen LogP contribution < -0.4 is 5.32 Å². The van der Waals surface area contributed by atoms with Gasteiger partial charge in [-0.1, -0.05) is 0 Å². The van der Waals surface area contributed by atoms with Crippen LogP contribution in [-0.4, -0.2) is 22.1 Å². The Bertz CT molecular complexity index is 627. The number of carbonyl (C=O) groups is 1. The number of carbonyl (C=O) groups excluding carboxylic acids is 1. The van der Waals surface area contributed by atoms with Gasteiger partial charge < -0.3 is 5.32 Å². The summed E-state index contributed by atoms with van der Waals surface area (Å²) in [6, 6.07) is 6.42. The quantitative estimate of drug-likeness (QED) is 0.920. The van der Waals surface area contributed by atoms with E-state index in [2.05, 4.69) is 9.97 Å². The second kappa shape index (κ2) is 5.28. The van der Waals surface area contributed by atoms with Gasteiger partial charge in [-0.15, -0.1) is 0 Å². The standard InChI is InChI=1S/C13H10F3N3O/c1-8-10(19-12(20)13(14,15)16)4-5-11(18-8)9-3-2-6-17-7-9/h2-7H,1H3,(H,19,20). The van der Waals surface area contributed by atoms with Crippen molar-refractivity contribution in [1.29, 1.82) is 0 Å². The van der Waals surface area contributed by atoms with E-state index in [1.165, 1.54) is 19.1 Å². The lowest BCUT2D eigenvalue weighted by Crippen LogP contribution is -2.30. The highest BCUT2D eigenvalue weighted by Gasteiger charge is 2.38. The van der Waals surface area contributed by atoms with Crippen LogP contribution in [0, 0.1) is 6.92 Å². The van der Waals surface area contributed by atoms with Gasteiger partial charge in [-0.05, 0) is 31.2 Å². The minimum Gasteiger partial charge on any atom is -0.317 e. The van der Waals surface area contributed by atoms with E-state index in [9.17, 15) is 18.0 Å². The van der Waals surface area contributed by atoms with Gasteiger partial charge in [-0.3, -0.25) is 14.8 Å². The third kappa shape index (κ3) is 3.11. The summed E-state index contributed by atoms with van der Waals surface area (Å²) >= 11 is 0. The molecule has 0 aliphatic heterocycles. The molecule has 0 saturated carbocycles. The predicted molar refractivity (Wildman–Crippen MR) is 66.9 cm³/mol. The maximum atomic E-state index is 12.2. The van der Waals surface area contributed by atoms with Crippen LogP contribution in [0.15, 0.2) is 36.7 Å². The van der Waals surface area contributed by atoms with E-state index in [0.717, 1.165) is 5.56 Å². The number of nitrogens with one attached hydrogen (secondary N) is 1. The molecule has 0 fully saturated rings. The van der Waals surface area contributed by atoms with Crippen LogP contribution in [0.3, 0.4) is 0 Å². The summed E-state index contributed by atoms with van der Waals surface area (Å²) in [5, 5.41) is 1.79. The zero-order chi connectivity index (χ0) is 14.8. The molecule has 0 aliphatic rings. The molecular formula is C13H10F3N3O. The lowest BCUT2D eigenvalue weighted by molar-refractivity contribution is -0.167. The Morgan fingerprint density at radius 2 is 2.00 bits per heavy atom. The maximum absolute atomic E-state index is 12.2. The van der Waals surface area contributed by atoms with Gasteiger partial charge in [-0.25, -0.2) is 0 Å². The summed E-state index contributed by atoms with van der Waals surface area (Å²) < 4.78 is 36.5. The molecule has 0 bridgehead atoms. The van der Waals surface area contributed by atoms with E-state index < -0.39 is 12.1 Å². The molecule has 1 N–H and O–H groups in total. The molecule has 2 rings (SSSR count). The molecule has 2 heterocycles. The zero-order valence-electron chi connectivity index (χ0n) is 10.4. The van der Waals surface area contributed by atoms with Gasteiger partial charge >= 0.3 is 12.1 Å². The molecule has 0 aromatic carbocycles. The molecule has 1 amide bonds. The van der Waals surface area contributed by atoms with Crippen LogP contribution in [0.25, 0.3) is 11.3 Å². The number of halogens is 3. The molecule has 2 aromatic heterocycles. The molecule has 20 heavy (non-hydrogen) atoms. The first kappa shape index (κ1) is 14.0. The van der Waals surface area contributed by atoms with Crippen LogP contribution in [0.1, 0.15) is 5.69 Å². The summed E-state index contributed by atoms with van der Waals surface area (Å²) in [5.74, 6) is -2.02. The van der Waals surface area contributed by atoms with Crippen molar-refractivity contribution >= 4 is 11.6 Å². The van der Waals surface area contributed by atoms with Crippen molar-refractivity contribution in [2.45, 2.75) is 13.1 Å². The fourth-order valence-corrected chi connectivity index (χ4v) is 1.56. The average molecular weight is 281 g/mol. The van der Waals surface area contributed by atoms with E-state index in [1.54, 1.807) is 29.8 Å². The van der Waals surface area contributed by atoms with Gasteiger partial charge in [0.1, 0.15) is 0 Å². The van der Waals surface area contributed by atoms with Gasteiger partial charge in [0, 0.05) is 18.0 Å². The molecule has 4 nitrogen and oxygen atoms in total. The SMILES string of the molecule is Cc1nc(-c2cccnc2)ccc1NC(=O)C(F)(F)F. The van der Waals surface area contributed by atoms with Crippen LogP contribution >= 0.6 is 0 Å². The smallest absolute Gasteiger partial charge is 0.317 e. The topological polar surface area (TPSA) is 54.9 Å². The van der Waals surface area contributed by atoms with Crippen LogP contribution in [0.4, 0.5) is 18.9 Å². The number of nitrogens with zero attached hydrogens (tertiary/aromatic N) is 2. The number of hydrogen-bond acceptors (Lipinski definition) is 3. The summed E-state index contributed by atoms with van der Waals surface area (Å²) in [4.78, 5) is 19.0. The molecule has 0 aliphatic carbocycles. The summed E-state index contributed by atoms with van der Waals surface area (Å²) in [6.45, 7) is 1.52. The number of pyridine rings is 2. The van der Waals surface area contributed by atoms with Crippen LogP contribution in [-0.2, 0) is 4.79 Å². The molecule has 0 atom stereocenters. The number of amides is 1. The number of aryl methyl sites for hydroxylation is 1. The van der Waals surface area contributed by atoms with Crippen molar-refractivity contribution in [2.75, 3.05) is 5.32 Å². The monoisotopic (exact) mass is 281 g/mol. The van der Waals surface area contributed by atoms with E-state index >= 15 is 0 Å². The zero-order valence-corrected chi connectivity index (χ0v) is 10.4. The second-order valence-corrected chi connectivity index (χ2v) is 4.02. The minimum atomic E-state index is -4.92. The molecule has 104 valence electrons. The molecule has 0 spiro atoms. The summed E-state index contributed by atoms with van der Waals surface area (Å²) in [7, 11) is 0. The first-order valence-corrected chi connectivity index (χ1v) is 5.64. The predicted octanol–water partition coefficient (Wildman–Crippen LogP) is 2.95. The lowest BCUT2D eigenvalue weighted by atomic mass is 10.1. The molecule has 0 saturated heterocycles. The first-order valence-electron chi connectivity index (χ1n) is 5.64. The average Bonchev–Trinajstić information content (AvgIpc) is 2.41. The molecule has 7 heteroatoms. The minimum absolute atomic E-state index is 0.0277. The molecule has 2 aromatic rings. The van der Waals surface area contributed by atoms with E-state index in [1.807, 2.05) is 0 Å². The van der Waals surface area contributed by atoms with Crippen molar-refractivity contribution in [3.63, 3.8) is 0 Å². The normalized spacial score (nSPS) is 11.2. The third-order valence-electron chi connectivity index (χ3n) is 2.55. The fourth-order valence-electron chi connectivity index (χ4n) is 1.56. The highest BCUT2D eigenvalue weighted by Crippen LogP contribution is 2.23. The van der Waals surface area contributed by atoms with E-state index in [-0.39, 0.29) is 5.69 Å². The highest BCUT2D eigenvalue weighted by atomic mass is 19.4. The first-order chi connectivity index (χ1) is 9.38. The van der Waals surface area contributed by atoms with Gasteiger partial charge in [0.15, 0.2) is 0 Å². The number of aromatic nitrogens is 2. The maximum Gasteiger partial charge on any atom is 0.471 e. The highest BCUT2D eigenvalue weighted by molar-refractivity contribution is 5.95.